The summed E-state index contributed by atoms with van der Waals surface area (Å²) in [6.45, 7) is 0.776. The third-order valence-corrected chi connectivity index (χ3v) is 5.24. The summed E-state index contributed by atoms with van der Waals surface area (Å²) in [5, 5.41) is 3.40. The highest BCUT2D eigenvalue weighted by molar-refractivity contribution is 9.10. The van der Waals surface area contributed by atoms with Crippen molar-refractivity contribution >= 4 is 42.6 Å². The Hall–Kier alpha value is -1.39. The lowest BCUT2D eigenvalue weighted by Crippen LogP contribution is -1.97. The molecular weight excluding hydrogens is 442 g/mol. The average molecular weight is 463 g/mol. The van der Waals surface area contributed by atoms with Crippen LogP contribution in [0.4, 0.5) is 0 Å². The van der Waals surface area contributed by atoms with E-state index in [0.29, 0.717) is 0 Å². The number of rotatable bonds is 8. The van der Waals surface area contributed by atoms with Gasteiger partial charge in [-0.1, -0.05) is 56.8 Å². The molecule has 0 spiro atoms. The Morgan fingerprint density at radius 1 is 0.880 bits per heavy atom. The van der Waals surface area contributed by atoms with E-state index in [1.165, 1.54) is 19.3 Å². The second-order valence-electron chi connectivity index (χ2n) is 6.00. The summed E-state index contributed by atoms with van der Waals surface area (Å²) in [7, 11) is 0. The van der Waals surface area contributed by atoms with Crippen LogP contribution >= 0.6 is 31.9 Å². The molecule has 0 aliphatic carbocycles. The van der Waals surface area contributed by atoms with E-state index < -0.39 is 0 Å². The van der Waals surface area contributed by atoms with Crippen LogP contribution in [-0.4, -0.2) is 16.9 Å². The molecule has 0 radical (unpaired) electrons. The summed E-state index contributed by atoms with van der Waals surface area (Å²) in [6.07, 6.45) is 6.68. The number of pyridine rings is 1. The standard InChI is InChI=1S/C21H21Br2NO/c22-12-3-1-2-4-14-25-19-9-10-20-17(15-19)11-13-24-21(20)16-5-7-18(23)8-6-16/h5-11,13,15H,1-4,12,14H2. The molecular formula is C21H21Br2NO. The number of alkyl halides is 1. The molecule has 0 bridgehead atoms. The van der Waals surface area contributed by atoms with Gasteiger partial charge in [-0.25, -0.2) is 0 Å². The van der Waals surface area contributed by atoms with Crippen LogP contribution in [0.1, 0.15) is 25.7 Å². The number of aromatic nitrogens is 1. The quantitative estimate of drug-likeness (QED) is 0.265. The minimum absolute atomic E-state index is 0.776. The molecule has 1 aromatic heterocycles. The number of benzene rings is 2. The summed E-state index contributed by atoms with van der Waals surface area (Å²) in [6, 6.07) is 16.6. The Morgan fingerprint density at radius 3 is 2.48 bits per heavy atom. The second kappa shape index (κ2) is 9.35. The Balaban J connectivity index is 1.72. The highest BCUT2D eigenvalue weighted by Crippen LogP contribution is 2.29. The fourth-order valence-corrected chi connectivity index (χ4v) is 3.48. The molecule has 4 heteroatoms. The molecule has 3 aromatic rings. The summed E-state index contributed by atoms with van der Waals surface area (Å²) in [5.41, 5.74) is 2.13. The van der Waals surface area contributed by atoms with Gasteiger partial charge in [0.25, 0.3) is 0 Å². The maximum Gasteiger partial charge on any atom is 0.119 e. The molecule has 25 heavy (non-hydrogen) atoms. The highest BCUT2D eigenvalue weighted by atomic mass is 79.9. The average Bonchev–Trinajstić information content (AvgIpc) is 2.64. The maximum absolute atomic E-state index is 5.92. The molecule has 0 N–H and O–H groups in total. The third-order valence-electron chi connectivity index (χ3n) is 4.15. The smallest absolute Gasteiger partial charge is 0.119 e. The number of ether oxygens (including phenoxy) is 1. The first kappa shape index (κ1) is 18.4. The number of hydrogen-bond donors (Lipinski definition) is 0. The van der Waals surface area contributed by atoms with Crippen molar-refractivity contribution in [1.82, 2.24) is 4.98 Å². The van der Waals surface area contributed by atoms with Crippen LogP contribution in [0.15, 0.2) is 59.2 Å². The molecule has 0 aliphatic rings. The van der Waals surface area contributed by atoms with Crippen LogP contribution in [0, 0.1) is 0 Å². The largest absolute Gasteiger partial charge is 0.494 e. The summed E-state index contributed by atoms with van der Waals surface area (Å²) in [4.78, 5) is 4.58. The van der Waals surface area contributed by atoms with Gasteiger partial charge in [-0.15, -0.1) is 0 Å². The van der Waals surface area contributed by atoms with E-state index >= 15 is 0 Å². The van der Waals surface area contributed by atoms with Crippen molar-refractivity contribution in [2.45, 2.75) is 25.7 Å². The van der Waals surface area contributed by atoms with Gasteiger partial charge in [0.05, 0.1) is 12.3 Å². The predicted octanol–water partition coefficient (Wildman–Crippen LogP) is 7.00. The lowest BCUT2D eigenvalue weighted by atomic mass is 10.0. The topological polar surface area (TPSA) is 22.1 Å². The first-order valence-corrected chi connectivity index (χ1v) is 10.5. The van der Waals surface area contributed by atoms with Gasteiger partial charge >= 0.3 is 0 Å². The van der Waals surface area contributed by atoms with Crippen molar-refractivity contribution < 1.29 is 4.74 Å². The van der Waals surface area contributed by atoms with Gasteiger partial charge in [0.15, 0.2) is 0 Å². The van der Waals surface area contributed by atoms with E-state index in [4.69, 9.17) is 4.74 Å². The highest BCUT2D eigenvalue weighted by Gasteiger charge is 2.06. The molecule has 2 aromatic carbocycles. The number of halogens is 2. The molecule has 3 rings (SSSR count). The van der Waals surface area contributed by atoms with Crippen LogP contribution in [0.5, 0.6) is 5.75 Å². The summed E-state index contributed by atoms with van der Waals surface area (Å²) < 4.78 is 6.99. The minimum atomic E-state index is 0.776. The van der Waals surface area contributed by atoms with Crippen LogP contribution in [0.3, 0.4) is 0 Å². The first-order chi connectivity index (χ1) is 12.3. The van der Waals surface area contributed by atoms with Crippen molar-refractivity contribution in [3.8, 4) is 17.0 Å². The zero-order valence-corrected chi connectivity index (χ0v) is 17.2. The molecule has 0 unspecified atom stereocenters. The molecule has 0 fully saturated rings. The Labute approximate surface area is 165 Å². The van der Waals surface area contributed by atoms with E-state index in [-0.39, 0.29) is 0 Å². The molecule has 0 saturated heterocycles. The Bertz CT molecular complexity index is 818. The fraction of sp³-hybridized carbons (Fsp3) is 0.286. The van der Waals surface area contributed by atoms with E-state index in [9.17, 15) is 0 Å². The van der Waals surface area contributed by atoms with E-state index in [1.807, 2.05) is 30.5 Å². The first-order valence-electron chi connectivity index (χ1n) is 8.61. The zero-order chi connectivity index (χ0) is 17.5. The molecule has 2 nitrogen and oxygen atoms in total. The van der Waals surface area contributed by atoms with Crippen molar-refractivity contribution in [2.75, 3.05) is 11.9 Å². The Morgan fingerprint density at radius 2 is 1.68 bits per heavy atom. The van der Waals surface area contributed by atoms with Gasteiger partial charge < -0.3 is 4.74 Å². The monoisotopic (exact) mass is 461 g/mol. The van der Waals surface area contributed by atoms with Gasteiger partial charge in [-0.2, -0.15) is 0 Å². The van der Waals surface area contributed by atoms with E-state index in [1.54, 1.807) is 0 Å². The van der Waals surface area contributed by atoms with Gasteiger partial charge in [-0.05, 0) is 54.6 Å². The molecule has 0 atom stereocenters. The van der Waals surface area contributed by atoms with Crippen LogP contribution in [-0.2, 0) is 0 Å². The third kappa shape index (κ3) is 5.05. The zero-order valence-electron chi connectivity index (χ0n) is 14.1. The van der Waals surface area contributed by atoms with Crippen LogP contribution in [0.25, 0.3) is 22.0 Å². The molecule has 0 aliphatic heterocycles. The molecule has 1 heterocycles. The number of hydrogen-bond acceptors (Lipinski definition) is 2. The molecule has 130 valence electrons. The minimum Gasteiger partial charge on any atom is -0.494 e. The van der Waals surface area contributed by atoms with Crippen molar-refractivity contribution in [3.05, 3.63) is 59.2 Å². The van der Waals surface area contributed by atoms with Gasteiger partial charge in [-0.3, -0.25) is 4.98 Å². The van der Waals surface area contributed by atoms with Crippen molar-refractivity contribution in [2.24, 2.45) is 0 Å². The summed E-state index contributed by atoms with van der Waals surface area (Å²) in [5.74, 6) is 0.931. The van der Waals surface area contributed by atoms with Gasteiger partial charge in [0.2, 0.25) is 0 Å². The maximum atomic E-state index is 5.92. The lowest BCUT2D eigenvalue weighted by Gasteiger charge is -2.10. The summed E-state index contributed by atoms with van der Waals surface area (Å²) >= 11 is 6.95. The van der Waals surface area contributed by atoms with Crippen LogP contribution in [0.2, 0.25) is 0 Å². The van der Waals surface area contributed by atoms with Crippen molar-refractivity contribution in [1.29, 1.82) is 0 Å². The fourth-order valence-electron chi connectivity index (χ4n) is 2.82. The van der Waals surface area contributed by atoms with E-state index in [2.05, 4.69) is 61.1 Å². The SMILES string of the molecule is BrCCCCCCOc1ccc2c(-c3ccc(Br)cc3)nccc2c1. The Kier molecular flexibility index (Phi) is 6.88. The molecule has 0 saturated carbocycles. The lowest BCUT2D eigenvalue weighted by molar-refractivity contribution is 0.305. The van der Waals surface area contributed by atoms with E-state index in [0.717, 1.165) is 50.6 Å². The number of unbranched alkanes of at least 4 members (excludes halogenated alkanes) is 3. The van der Waals surface area contributed by atoms with Crippen LogP contribution < -0.4 is 4.74 Å². The van der Waals surface area contributed by atoms with Crippen molar-refractivity contribution in [3.63, 3.8) is 0 Å². The number of fused-ring (bicyclic) bond motifs is 1. The van der Waals surface area contributed by atoms with Gasteiger partial charge in [0, 0.05) is 26.9 Å². The second-order valence-corrected chi connectivity index (χ2v) is 7.71. The normalized spacial score (nSPS) is 11.0. The van der Waals surface area contributed by atoms with Gasteiger partial charge in [0.1, 0.15) is 5.75 Å². The molecule has 0 amide bonds. The predicted molar refractivity (Wildman–Crippen MR) is 113 cm³/mol. The number of nitrogens with zero attached hydrogens (tertiary/aromatic N) is 1.